The number of halogens is 1. The summed E-state index contributed by atoms with van der Waals surface area (Å²) >= 11 is 0. The zero-order valence-corrected chi connectivity index (χ0v) is 9.78. The number of hydrogen-bond acceptors (Lipinski definition) is 4. The largest absolute Gasteiger partial charge is 1.00 e. The Labute approximate surface area is 91.6 Å². The average Bonchev–Trinajstić information content (AvgIpc) is 2.02. The number of aliphatic hydroxyl groups excluding tert-OH is 4. The molecule has 14 heavy (non-hydrogen) atoms. The molecule has 90 valence electrons. The van der Waals surface area contributed by atoms with Gasteiger partial charge in [-0.1, -0.05) is 0 Å². The van der Waals surface area contributed by atoms with Crippen LogP contribution in [0.3, 0.4) is 0 Å². The number of rotatable bonds is 4. The molecule has 0 atom stereocenters. The van der Waals surface area contributed by atoms with E-state index in [0.29, 0.717) is 0 Å². The van der Waals surface area contributed by atoms with Gasteiger partial charge in [0.1, 0.15) is 12.6 Å². The number of aliphatic hydroxyl groups is 4. The lowest BCUT2D eigenvalue weighted by atomic mass is 10.4. The minimum absolute atomic E-state index is 0. The van der Waals surface area contributed by atoms with Crippen LogP contribution in [0.1, 0.15) is 0 Å². The van der Waals surface area contributed by atoms with E-state index in [4.69, 9.17) is 20.4 Å². The highest BCUT2D eigenvalue weighted by atomic mass is 35.5. The van der Waals surface area contributed by atoms with Crippen molar-refractivity contribution in [1.29, 1.82) is 0 Å². The molecular formula is C8H22ClNO4. The Kier molecular flexibility index (Phi) is 15.7. The number of hydrogen-bond donors (Lipinski definition) is 4. The van der Waals surface area contributed by atoms with Crippen molar-refractivity contribution in [1.82, 2.24) is 0 Å². The van der Waals surface area contributed by atoms with Gasteiger partial charge in [-0.25, -0.2) is 0 Å². The van der Waals surface area contributed by atoms with Gasteiger partial charge in [-0.3, -0.25) is 0 Å². The zero-order chi connectivity index (χ0) is 10.9. The van der Waals surface area contributed by atoms with Crippen LogP contribution in [0.4, 0.5) is 0 Å². The maximum absolute atomic E-state index is 8.39. The van der Waals surface area contributed by atoms with Gasteiger partial charge in [0.05, 0.1) is 41.0 Å². The Morgan fingerprint density at radius 2 is 1.36 bits per heavy atom. The average molecular weight is 232 g/mol. The predicted octanol–water partition coefficient (Wildman–Crippen LogP) is -4.98. The molecule has 0 fully saturated rings. The molecule has 0 saturated carbocycles. The summed E-state index contributed by atoms with van der Waals surface area (Å²) < 4.78 is 0.844. The molecular weight excluding hydrogens is 210 g/mol. The Balaban J connectivity index is -0.000000163. The molecule has 0 amide bonds. The first-order valence-corrected chi connectivity index (χ1v) is 4.18. The molecule has 0 bridgehead atoms. The monoisotopic (exact) mass is 231 g/mol. The maximum Gasteiger partial charge on any atom is 0.101 e. The minimum Gasteiger partial charge on any atom is -1.00 e. The lowest BCUT2D eigenvalue weighted by Gasteiger charge is -2.21. The van der Waals surface area contributed by atoms with Crippen molar-refractivity contribution in [3.8, 4) is 0 Å². The van der Waals surface area contributed by atoms with Gasteiger partial charge in [0.2, 0.25) is 0 Å². The molecule has 0 spiro atoms. The topological polar surface area (TPSA) is 80.9 Å². The minimum atomic E-state index is -0.954. The van der Waals surface area contributed by atoms with E-state index in [-0.39, 0.29) is 32.2 Å². The first-order valence-electron chi connectivity index (χ1n) is 4.18. The van der Waals surface area contributed by atoms with Gasteiger partial charge in [0.25, 0.3) is 0 Å². The molecule has 0 aromatic carbocycles. The molecule has 5 nitrogen and oxygen atoms in total. The first-order chi connectivity index (χ1) is 5.87. The van der Waals surface area contributed by atoms with Crippen LogP contribution in [0.2, 0.25) is 0 Å². The summed E-state index contributed by atoms with van der Waals surface area (Å²) in [6.45, 7) is 0.385. The van der Waals surface area contributed by atoms with E-state index in [0.717, 1.165) is 11.0 Å². The van der Waals surface area contributed by atoms with Crippen LogP contribution in [0, 0.1) is 0 Å². The maximum atomic E-state index is 8.39. The van der Waals surface area contributed by atoms with Crippen molar-refractivity contribution < 1.29 is 37.3 Å². The molecule has 0 rings (SSSR count). The second-order valence-electron chi connectivity index (χ2n) is 3.76. The molecule has 0 heterocycles. The molecule has 0 radical (unpaired) electrons. The van der Waals surface area contributed by atoms with Crippen molar-refractivity contribution in [2.45, 2.75) is 6.10 Å². The van der Waals surface area contributed by atoms with Crippen LogP contribution in [0.15, 0.2) is 0 Å². The van der Waals surface area contributed by atoms with Crippen LogP contribution in [-0.4, -0.2) is 78.5 Å². The van der Waals surface area contributed by atoms with Gasteiger partial charge >= 0.3 is 0 Å². The lowest BCUT2D eigenvalue weighted by Crippen LogP contribution is -3.00. The van der Waals surface area contributed by atoms with Gasteiger partial charge < -0.3 is 37.3 Å². The van der Waals surface area contributed by atoms with E-state index in [1.807, 2.05) is 0 Å². The van der Waals surface area contributed by atoms with E-state index < -0.39 is 6.10 Å². The smallest absolute Gasteiger partial charge is 0.101 e. The van der Waals surface area contributed by atoms with Gasteiger partial charge in [-0.15, -0.1) is 0 Å². The van der Waals surface area contributed by atoms with Crippen LogP contribution in [0.25, 0.3) is 0 Å². The Hall–Kier alpha value is 0.0900. The number of likely N-dealkylation sites (N-methyl/N-ethyl adjacent to an activating group) is 1. The van der Waals surface area contributed by atoms with Crippen molar-refractivity contribution in [3.05, 3.63) is 0 Å². The van der Waals surface area contributed by atoms with E-state index in [2.05, 4.69) is 21.1 Å². The van der Waals surface area contributed by atoms with Gasteiger partial charge in [0.15, 0.2) is 0 Å². The van der Waals surface area contributed by atoms with Crippen molar-refractivity contribution in [2.75, 3.05) is 47.5 Å². The predicted molar refractivity (Wildman–Crippen MR) is 50.2 cm³/mol. The molecule has 0 saturated heterocycles. The molecule has 0 aliphatic heterocycles. The van der Waals surface area contributed by atoms with Gasteiger partial charge in [-0.2, -0.15) is 0 Å². The van der Waals surface area contributed by atoms with Crippen molar-refractivity contribution >= 4 is 0 Å². The third-order valence-electron chi connectivity index (χ3n) is 1.19. The standard InChI is InChI=1S/C5H14NO.C3H8O3.ClH/c1-6(2,3)4-5-7;4-1-3(6)2-5;/h7H,4-5H2,1-3H3;3-6H,1-2H2;1H/q+1;;/p-1. The molecule has 0 aliphatic rings. The summed E-state index contributed by atoms with van der Waals surface area (Å²) in [6.07, 6.45) is -0.954. The summed E-state index contributed by atoms with van der Waals surface area (Å²) in [7, 11) is 6.16. The summed E-state index contributed by atoms with van der Waals surface area (Å²) in [5.41, 5.74) is 0. The fourth-order valence-corrected chi connectivity index (χ4v) is 0.358. The Morgan fingerprint density at radius 3 is 1.36 bits per heavy atom. The van der Waals surface area contributed by atoms with Crippen LogP contribution >= 0.6 is 0 Å². The molecule has 0 aromatic rings. The molecule has 0 unspecified atom stereocenters. The van der Waals surface area contributed by atoms with Crippen molar-refractivity contribution in [3.63, 3.8) is 0 Å². The van der Waals surface area contributed by atoms with Crippen LogP contribution in [0.5, 0.6) is 0 Å². The summed E-state index contributed by atoms with van der Waals surface area (Å²) in [6, 6.07) is 0. The summed E-state index contributed by atoms with van der Waals surface area (Å²) in [5.74, 6) is 0. The van der Waals surface area contributed by atoms with Crippen LogP contribution in [-0.2, 0) is 0 Å². The number of quaternary nitrogens is 1. The van der Waals surface area contributed by atoms with Gasteiger partial charge in [-0.05, 0) is 0 Å². The van der Waals surface area contributed by atoms with Crippen LogP contribution < -0.4 is 12.4 Å². The highest BCUT2D eigenvalue weighted by Crippen LogP contribution is 1.84. The lowest BCUT2D eigenvalue weighted by molar-refractivity contribution is -0.870. The van der Waals surface area contributed by atoms with E-state index >= 15 is 0 Å². The van der Waals surface area contributed by atoms with Crippen molar-refractivity contribution in [2.24, 2.45) is 0 Å². The first kappa shape index (κ1) is 19.6. The van der Waals surface area contributed by atoms with E-state index in [9.17, 15) is 0 Å². The third kappa shape index (κ3) is 22.7. The molecule has 0 aliphatic carbocycles. The van der Waals surface area contributed by atoms with E-state index in [1.54, 1.807) is 0 Å². The molecule has 4 N–H and O–H groups in total. The zero-order valence-electron chi connectivity index (χ0n) is 9.02. The highest BCUT2D eigenvalue weighted by Gasteiger charge is 2.02. The molecule has 0 aromatic heterocycles. The fraction of sp³-hybridized carbons (Fsp3) is 1.00. The fourth-order valence-electron chi connectivity index (χ4n) is 0.358. The Morgan fingerprint density at radius 1 is 1.00 bits per heavy atom. The SMILES string of the molecule is C[N+](C)(C)CCO.OCC(O)CO.[Cl-]. The second-order valence-corrected chi connectivity index (χ2v) is 3.76. The number of nitrogens with zero attached hydrogens (tertiary/aromatic N) is 1. The van der Waals surface area contributed by atoms with E-state index in [1.165, 1.54) is 0 Å². The highest BCUT2D eigenvalue weighted by molar-refractivity contribution is 4.44. The Bertz CT molecular complexity index is 104. The molecule has 6 heteroatoms. The normalized spacial score (nSPS) is 10.3. The quantitative estimate of drug-likeness (QED) is 0.366. The second kappa shape index (κ2) is 11.2. The van der Waals surface area contributed by atoms with Gasteiger partial charge in [0, 0.05) is 0 Å². The summed E-state index contributed by atoms with van der Waals surface area (Å²) in [5, 5.41) is 32.4. The third-order valence-corrected chi connectivity index (χ3v) is 1.19. The summed E-state index contributed by atoms with van der Waals surface area (Å²) in [4.78, 5) is 0.